The molecule has 1 aliphatic heterocycles. The van der Waals surface area contributed by atoms with Crippen LogP contribution in [0.3, 0.4) is 0 Å². The third-order valence-electron chi connectivity index (χ3n) is 2.63. The van der Waals surface area contributed by atoms with Crippen molar-refractivity contribution in [3.05, 3.63) is 34.7 Å². The molecule has 0 spiro atoms. The molecule has 1 unspecified atom stereocenters. The third-order valence-corrected chi connectivity index (χ3v) is 4.17. The number of aryl methyl sites for hydroxylation is 1. The molecule has 0 fully saturated rings. The van der Waals surface area contributed by atoms with Gasteiger partial charge in [-0.3, -0.25) is 0 Å². The van der Waals surface area contributed by atoms with Crippen molar-refractivity contribution in [2.45, 2.75) is 31.2 Å². The van der Waals surface area contributed by atoms with Gasteiger partial charge < -0.3 is 5.73 Å². The van der Waals surface area contributed by atoms with Crippen LogP contribution in [0.1, 0.15) is 24.5 Å². The van der Waals surface area contributed by atoms with Crippen LogP contribution in [0.2, 0.25) is 0 Å². The highest BCUT2D eigenvalue weighted by Crippen LogP contribution is 2.36. The summed E-state index contributed by atoms with van der Waals surface area (Å²) in [7, 11) is -3.24. The lowest BCUT2D eigenvalue weighted by Crippen LogP contribution is -2.14. The summed E-state index contributed by atoms with van der Waals surface area (Å²) in [6, 6.07) is 5.47. The molecule has 86 valence electrons. The number of benzene rings is 1. The molecule has 0 bridgehead atoms. The summed E-state index contributed by atoms with van der Waals surface area (Å²) >= 11 is 0. The third kappa shape index (κ3) is 1.90. The van der Waals surface area contributed by atoms with E-state index in [1.54, 1.807) is 6.07 Å². The van der Waals surface area contributed by atoms with Gasteiger partial charge in [-0.1, -0.05) is 12.1 Å². The van der Waals surface area contributed by atoms with Gasteiger partial charge in [0.15, 0.2) is 0 Å². The standard InChI is InChI=1S/C12H15NO2S/c1-8-3-4-11-10(6-9(2)13)7-16(14,15)12(11)5-8/h3-5,7,9H,6,13H2,1-2H3. The van der Waals surface area contributed by atoms with Gasteiger partial charge in [-0.05, 0) is 43.0 Å². The van der Waals surface area contributed by atoms with E-state index in [0.29, 0.717) is 11.3 Å². The number of hydrogen-bond donors (Lipinski definition) is 1. The Morgan fingerprint density at radius 2 is 2.06 bits per heavy atom. The summed E-state index contributed by atoms with van der Waals surface area (Å²) in [4.78, 5) is 0.420. The minimum atomic E-state index is -3.24. The van der Waals surface area contributed by atoms with Crippen molar-refractivity contribution in [1.29, 1.82) is 0 Å². The van der Waals surface area contributed by atoms with E-state index < -0.39 is 9.84 Å². The lowest BCUT2D eigenvalue weighted by molar-refractivity contribution is 0.605. The maximum Gasteiger partial charge on any atom is 0.200 e. The maximum absolute atomic E-state index is 11.9. The first kappa shape index (κ1) is 11.4. The lowest BCUT2D eigenvalue weighted by Gasteiger charge is -2.07. The Labute approximate surface area is 95.9 Å². The van der Waals surface area contributed by atoms with Gasteiger partial charge in [-0.2, -0.15) is 0 Å². The molecule has 0 aliphatic carbocycles. The fourth-order valence-corrected chi connectivity index (χ4v) is 3.53. The predicted octanol–water partition coefficient (Wildman–Crippen LogP) is 1.86. The first-order valence-corrected chi connectivity index (χ1v) is 6.77. The van der Waals surface area contributed by atoms with Crippen LogP contribution in [-0.2, 0) is 9.84 Å². The number of fused-ring (bicyclic) bond motifs is 1. The van der Waals surface area contributed by atoms with Gasteiger partial charge in [0, 0.05) is 11.4 Å². The Morgan fingerprint density at radius 3 is 2.69 bits per heavy atom. The number of hydrogen-bond acceptors (Lipinski definition) is 3. The van der Waals surface area contributed by atoms with Crippen molar-refractivity contribution in [1.82, 2.24) is 0 Å². The summed E-state index contributed by atoms with van der Waals surface area (Å²) in [5, 5.41) is 1.35. The van der Waals surface area contributed by atoms with Crippen molar-refractivity contribution in [2.75, 3.05) is 0 Å². The van der Waals surface area contributed by atoms with Gasteiger partial charge in [-0.25, -0.2) is 8.42 Å². The average Bonchev–Trinajstić information content (AvgIpc) is 2.37. The normalized spacial score (nSPS) is 19.1. The SMILES string of the molecule is Cc1ccc2c(c1)S(=O)(=O)C=C2CC(C)N. The second-order valence-corrected chi connectivity index (χ2v) is 6.13. The molecule has 1 aromatic carbocycles. The molecular formula is C12H15NO2S. The highest BCUT2D eigenvalue weighted by Gasteiger charge is 2.26. The second-order valence-electron chi connectivity index (χ2n) is 4.37. The molecule has 1 heterocycles. The monoisotopic (exact) mass is 237 g/mol. The van der Waals surface area contributed by atoms with Crippen LogP contribution in [0.25, 0.3) is 5.57 Å². The van der Waals surface area contributed by atoms with Gasteiger partial charge >= 0.3 is 0 Å². The van der Waals surface area contributed by atoms with Crippen molar-refractivity contribution in [2.24, 2.45) is 5.73 Å². The number of sulfone groups is 1. The van der Waals surface area contributed by atoms with Crippen molar-refractivity contribution in [3.8, 4) is 0 Å². The molecule has 2 rings (SSSR count). The van der Waals surface area contributed by atoms with E-state index in [1.165, 1.54) is 5.41 Å². The molecule has 0 amide bonds. The van der Waals surface area contributed by atoms with Gasteiger partial charge in [0.25, 0.3) is 0 Å². The molecule has 0 saturated heterocycles. The molecule has 0 saturated carbocycles. The van der Waals surface area contributed by atoms with Crippen molar-refractivity contribution >= 4 is 15.4 Å². The Bertz CT molecular complexity index is 556. The number of rotatable bonds is 2. The van der Waals surface area contributed by atoms with Crippen molar-refractivity contribution < 1.29 is 8.42 Å². The Morgan fingerprint density at radius 1 is 1.38 bits per heavy atom. The van der Waals surface area contributed by atoms with Crippen LogP contribution in [0.5, 0.6) is 0 Å². The Balaban J connectivity index is 2.56. The molecule has 0 radical (unpaired) electrons. The first-order chi connectivity index (χ1) is 7.40. The molecule has 1 atom stereocenters. The van der Waals surface area contributed by atoms with Crippen LogP contribution in [-0.4, -0.2) is 14.5 Å². The van der Waals surface area contributed by atoms with E-state index in [1.807, 2.05) is 26.0 Å². The molecule has 1 aliphatic rings. The molecule has 2 N–H and O–H groups in total. The smallest absolute Gasteiger partial charge is 0.200 e. The average molecular weight is 237 g/mol. The van der Waals surface area contributed by atoms with Gasteiger partial charge in [0.05, 0.1) is 4.90 Å². The molecular weight excluding hydrogens is 222 g/mol. The molecule has 16 heavy (non-hydrogen) atoms. The Hall–Kier alpha value is -1.13. The van der Waals surface area contributed by atoms with Gasteiger partial charge in [0.2, 0.25) is 9.84 Å². The Kier molecular flexibility index (Phi) is 2.64. The highest BCUT2D eigenvalue weighted by molar-refractivity contribution is 7.95. The zero-order valence-corrected chi connectivity index (χ0v) is 10.2. The van der Waals surface area contributed by atoms with Gasteiger partial charge in [0.1, 0.15) is 0 Å². The van der Waals surface area contributed by atoms with E-state index >= 15 is 0 Å². The molecule has 4 heteroatoms. The molecule has 3 nitrogen and oxygen atoms in total. The number of nitrogens with two attached hydrogens (primary N) is 1. The van der Waals surface area contributed by atoms with Crippen molar-refractivity contribution in [3.63, 3.8) is 0 Å². The van der Waals surface area contributed by atoms with E-state index in [4.69, 9.17) is 5.73 Å². The lowest BCUT2D eigenvalue weighted by atomic mass is 10.0. The molecule has 0 aromatic heterocycles. The predicted molar refractivity (Wildman–Crippen MR) is 64.6 cm³/mol. The van der Waals surface area contributed by atoms with E-state index in [0.717, 1.165) is 16.7 Å². The van der Waals surface area contributed by atoms with Crippen LogP contribution in [0.15, 0.2) is 28.5 Å². The van der Waals surface area contributed by atoms with E-state index in [-0.39, 0.29) is 6.04 Å². The van der Waals surface area contributed by atoms with E-state index in [9.17, 15) is 8.42 Å². The minimum absolute atomic E-state index is 0.0336. The second kappa shape index (κ2) is 3.71. The topological polar surface area (TPSA) is 60.2 Å². The van der Waals surface area contributed by atoms with Crippen LogP contribution in [0, 0.1) is 6.92 Å². The summed E-state index contributed by atoms with van der Waals surface area (Å²) in [5.74, 6) is 0. The van der Waals surface area contributed by atoms with Gasteiger partial charge in [-0.15, -0.1) is 0 Å². The summed E-state index contributed by atoms with van der Waals surface area (Å²) in [6.07, 6.45) is 0.593. The zero-order chi connectivity index (χ0) is 11.9. The van der Waals surface area contributed by atoms with Crippen LogP contribution < -0.4 is 5.73 Å². The van der Waals surface area contributed by atoms with E-state index in [2.05, 4.69) is 0 Å². The first-order valence-electron chi connectivity index (χ1n) is 5.22. The maximum atomic E-state index is 11.9. The fourth-order valence-electron chi connectivity index (χ4n) is 1.95. The highest BCUT2D eigenvalue weighted by atomic mass is 32.2. The fraction of sp³-hybridized carbons (Fsp3) is 0.333. The zero-order valence-electron chi connectivity index (χ0n) is 9.40. The molecule has 1 aromatic rings. The quantitative estimate of drug-likeness (QED) is 0.854. The van der Waals surface area contributed by atoms with Crippen LogP contribution >= 0.6 is 0 Å². The largest absolute Gasteiger partial charge is 0.328 e. The van der Waals surface area contributed by atoms with Crippen LogP contribution in [0.4, 0.5) is 0 Å². The summed E-state index contributed by atoms with van der Waals surface area (Å²) < 4.78 is 23.8. The summed E-state index contributed by atoms with van der Waals surface area (Å²) in [6.45, 7) is 3.76. The minimum Gasteiger partial charge on any atom is -0.328 e. The summed E-state index contributed by atoms with van der Waals surface area (Å²) in [5.41, 5.74) is 8.30.